The Bertz CT molecular complexity index is 357. The maximum Gasteiger partial charge on any atom is 0.318 e. The number of carbonyl (C=O) groups is 1. The van der Waals surface area contributed by atoms with E-state index in [2.05, 4.69) is 24.1 Å². The van der Waals surface area contributed by atoms with E-state index in [-0.39, 0.29) is 18.7 Å². The van der Waals surface area contributed by atoms with Crippen molar-refractivity contribution in [3.63, 3.8) is 0 Å². The minimum absolute atomic E-state index is 0.0383. The van der Waals surface area contributed by atoms with Gasteiger partial charge in [-0.1, -0.05) is 20.3 Å². The predicted octanol–water partition coefficient (Wildman–Crippen LogP) is 2.23. The van der Waals surface area contributed by atoms with Gasteiger partial charge in [0, 0.05) is 24.2 Å². The van der Waals surface area contributed by atoms with Crippen LogP contribution in [-0.2, 0) is 6.54 Å². The van der Waals surface area contributed by atoms with Gasteiger partial charge >= 0.3 is 6.03 Å². The third-order valence-corrected chi connectivity index (χ3v) is 3.69. The molecule has 1 atom stereocenters. The van der Waals surface area contributed by atoms with E-state index >= 15 is 0 Å². The van der Waals surface area contributed by atoms with Crippen molar-refractivity contribution in [3.05, 3.63) is 16.6 Å². The van der Waals surface area contributed by atoms with Gasteiger partial charge in [-0.15, -0.1) is 11.3 Å². The molecule has 0 aliphatic carbocycles. The lowest BCUT2D eigenvalue weighted by atomic mass is 10.1. The van der Waals surface area contributed by atoms with Crippen LogP contribution < -0.4 is 5.32 Å². The second kappa shape index (κ2) is 8.87. The van der Waals surface area contributed by atoms with Crippen molar-refractivity contribution in [3.8, 4) is 0 Å². The lowest BCUT2D eigenvalue weighted by molar-refractivity contribution is 0.170. The Hall–Kier alpha value is -1.14. The number of rotatable bonds is 8. The van der Waals surface area contributed by atoms with Crippen LogP contribution in [0.3, 0.4) is 0 Å². The smallest absolute Gasteiger partial charge is 0.318 e. The quantitative estimate of drug-likeness (QED) is 0.769. The summed E-state index contributed by atoms with van der Waals surface area (Å²) in [7, 11) is 0. The average molecular weight is 285 g/mol. The number of hydrogen-bond acceptors (Lipinski definition) is 4. The molecule has 5 nitrogen and oxygen atoms in total. The Labute approximate surface area is 118 Å². The molecule has 19 heavy (non-hydrogen) atoms. The van der Waals surface area contributed by atoms with Gasteiger partial charge in [-0.2, -0.15) is 0 Å². The van der Waals surface area contributed by atoms with Crippen LogP contribution in [0.1, 0.15) is 38.1 Å². The molecule has 0 aliphatic rings. The number of hydrogen-bond donors (Lipinski definition) is 2. The molecule has 0 spiro atoms. The van der Waals surface area contributed by atoms with E-state index in [1.165, 1.54) is 11.3 Å². The van der Waals surface area contributed by atoms with Gasteiger partial charge in [-0.3, -0.25) is 0 Å². The molecule has 0 bridgehead atoms. The van der Waals surface area contributed by atoms with Gasteiger partial charge in [0.1, 0.15) is 5.01 Å². The highest BCUT2D eigenvalue weighted by Crippen LogP contribution is 2.09. The monoisotopic (exact) mass is 285 g/mol. The third kappa shape index (κ3) is 5.57. The van der Waals surface area contributed by atoms with Crippen LogP contribution in [0.5, 0.6) is 0 Å². The Kier molecular flexibility index (Phi) is 7.43. The standard InChI is InChI=1S/C13H23N3O2S/c1-3-5-11(4-2)15-13(18)16(7-8-17)10-12-14-6-9-19-12/h6,9,11,17H,3-5,7-8,10H2,1-2H3,(H,15,18)/t11-/m1/s1. The van der Waals surface area contributed by atoms with Crippen molar-refractivity contribution in [2.75, 3.05) is 13.2 Å². The van der Waals surface area contributed by atoms with Crippen LogP contribution >= 0.6 is 11.3 Å². The first-order valence-electron chi connectivity index (χ1n) is 6.75. The highest BCUT2D eigenvalue weighted by Gasteiger charge is 2.17. The topological polar surface area (TPSA) is 65.5 Å². The Balaban J connectivity index is 2.56. The summed E-state index contributed by atoms with van der Waals surface area (Å²) in [5, 5.41) is 14.9. The van der Waals surface area contributed by atoms with Crippen molar-refractivity contribution in [2.24, 2.45) is 0 Å². The summed E-state index contributed by atoms with van der Waals surface area (Å²) >= 11 is 1.52. The van der Waals surface area contributed by atoms with Crippen LogP contribution in [0.25, 0.3) is 0 Å². The summed E-state index contributed by atoms with van der Waals surface area (Å²) in [6.45, 7) is 4.91. The number of nitrogens with one attached hydrogen (secondary N) is 1. The summed E-state index contributed by atoms with van der Waals surface area (Å²) in [5.74, 6) is 0. The van der Waals surface area contributed by atoms with E-state index in [0.29, 0.717) is 13.1 Å². The molecule has 1 aromatic heterocycles. The number of aliphatic hydroxyl groups excluding tert-OH is 1. The molecule has 6 heteroatoms. The molecule has 2 N–H and O–H groups in total. The molecule has 0 unspecified atom stereocenters. The maximum absolute atomic E-state index is 12.2. The highest BCUT2D eigenvalue weighted by molar-refractivity contribution is 7.09. The SMILES string of the molecule is CCC[C@@H](CC)NC(=O)N(CCO)Cc1nccs1. The van der Waals surface area contributed by atoms with E-state index in [1.807, 2.05) is 5.38 Å². The van der Waals surface area contributed by atoms with Crippen molar-refractivity contribution in [1.82, 2.24) is 15.2 Å². The van der Waals surface area contributed by atoms with E-state index < -0.39 is 0 Å². The van der Waals surface area contributed by atoms with Gasteiger partial charge in [-0.25, -0.2) is 9.78 Å². The highest BCUT2D eigenvalue weighted by atomic mass is 32.1. The molecule has 0 aliphatic heterocycles. The zero-order chi connectivity index (χ0) is 14.1. The Morgan fingerprint density at radius 2 is 2.37 bits per heavy atom. The van der Waals surface area contributed by atoms with Gasteiger partial charge in [-0.05, 0) is 12.8 Å². The molecule has 2 amide bonds. The number of thiazole rings is 1. The van der Waals surface area contributed by atoms with E-state index in [9.17, 15) is 4.79 Å². The molecule has 0 radical (unpaired) electrons. The van der Waals surface area contributed by atoms with E-state index in [1.54, 1.807) is 11.1 Å². The number of urea groups is 1. The second-order valence-electron chi connectivity index (χ2n) is 4.41. The first kappa shape index (κ1) is 15.9. The van der Waals surface area contributed by atoms with Gasteiger partial charge < -0.3 is 15.3 Å². The largest absolute Gasteiger partial charge is 0.395 e. The zero-order valence-corrected chi connectivity index (χ0v) is 12.4. The minimum atomic E-state index is -0.121. The first-order chi connectivity index (χ1) is 9.21. The number of aromatic nitrogens is 1. The fraction of sp³-hybridized carbons (Fsp3) is 0.692. The molecular formula is C13H23N3O2S. The average Bonchev–Trinajstić information content (AvgIpc) is 2.90. The predicted molar refractivity (Wildman–Crippen MR) is 77.1 cm³/mol. The van der Waals surface area contributed by atoms with Crippen LogP contribution in [0.2, 0.25) is 0 Å². The second-order valence-corrected chi connectivity index (χ2v) is 5.39. The number of nitrogens with zero attached hydrogens (tertiary/aromatic N) is 2. The van der Waals surface area contributed by atoms with Crippen LogP contribution in [0.4, 0.5) is 4.79 Å². The molecule has 1 rings (SSSR count). The molecular weight excluding hydrogens is 262 g/mol. The third-order valence-electron chi connectivity index (χ3n) is 2.92. The number of carbonyl (C=O) groups excluding carboxylic acids is 1. The van der Waals surface area contributed by atoms with Gasteiger partial charge in [0.2, 0.25) is 0 Å². The summed E-state index contributed by atoms with van der Waals surface area (Å²) in [6.07, 6.45) is 4.67. The number of amides is 2. The Morgan fingerprint density at radius 1 is 1.58 bits per heavy atom. The lowest BCUT2D eigenvalue weighted by Gasteiger charge is -2.24. The van der Waals surface area contributed by atoms with Crippen LogP contribution in [-0.4, -0.2) is 40.2 Å². The summed E-state index contributed by atoms with van der Waals surface area (Å²) < 4.78 is 0. The Morgan fingerprint density at radius 3 is 2.89 bits per heavy atom. The fourth-order valence-electron chi connectivity index (χ4n) is 1.86. The molecule has 0 aromatic carbocycles. The fourth-order valence-corrected chi connectivity index (χ4v) is 2.49. The summed E-state index contributed by atoms with van der Waals surface area (Å²) in [6, 6.07) is 0.0829. The minimum Gasteiger partial charge on any atom is -0.395 e. The van der Waals surface area contributed by atoms with Crippen molar-refractivity contribution < 1.29 is 9.90 Å². The number of aliphatic hydroxyl groups is 1. The zero-order valence-electron chi connectivity index (χ0n) is 11.6. The van der Waals surface area contributed by atoms with E-state index in [4.69, 9.17) is 5.11 Å². The van der Waals surface area contributed by atoms with Gasteiger partial charge in [0.05, 0.1) is 13.2 Å². The molecule has 1 heterocycles. The van der Waals surface area contributed by atoms with Crippen molar-refractivity contribution >= 4 is 17.4 Å². The molecule has 1 aromatic rings. The summed E-state index contributed by atoms with van der Waals surface area (Å²) in [5.41, 5.74) is 0. The lowest BCUT2D eigenvalue weighted by Crippen LogP contribution is -2.45. The maximum atomic E-state index is 12.2. The molecule has 108 valence electrons. The van der Waals surface area contributed by atoms with Crippen molar-refractivity contribution in [1.29, 1.82) is 0 Å². The molecule has 0 saturated heterocycles. The molecule has 0 fully saturated rings. The first-order valence-corrected chi connectivity index (χ1v) is 7.63. The van der Waals surface area contributed by atoms with E-state index in [0.717, 1.165) is 24.3 Å². The van der Waals surface area contributed by atoms with Crippen molar-refractivity contribution in [2.45, 2.75) is 45.7 Å². The normalized spacial score (nSPS) is 12.2. The molecule has 0 saturated carbocycles. The van der Waals surface area contributed by atoms with Crippen LogP contribution in [0.15, 0.2) is 11.6 Å². The van der Waals surface area contributed by atoms with Gasteiger partial charge in [0.25, 0.3) is 0 Å². The summed E-state index contributed by atoms with van der Waals surface area (Å²) in [4.78, 5) is 18.0. The van der Waals surface area contributed by atoms with Crippen LogP contribution in [0, 0.1) is 0 Å². The van der Waals surface area contributed by atoms with Gasteiger partial charge in [0.15, 0.2) is 0 Å².